The Morgan fingerprint density at radius 3 is 2.57 bits per heavy atom. The van der Waals surface area contributed by atoms with Gasteiger partial charge in [0.1, 0.15) is 16.4 Å². The van der Waals surface area contributed by atoms with Crippen molar-refractivity contribution in [1.29, 1.82) is 0 Å². The number of hydrogen-bond donors (Lipinski definition) is 2. The second-order valence-electron chi connectivity index (χ2n) is 4.74. The zero-order valence-corrected chi connectivity index (χ0v) is 12.4. The third-order valence-electron chi connectivity index (χ3n) is 3.05. The number of aromatic amines is 1. The van der Waals surface area contributed by atoms with Crippen LogP contribution in [0.15, 0.2) is 41.4 Å². The fraction of sp³-hybridized carbons (Fsp3) is 0.214. The van der Waals surface area contributed by atoms with Crippen LogP contribution < -0.4 is 5.32 Å². The molecule has 1 aromatic carbocycles. The third kappa shape index (κ3) is 3.49. The standard InChI is InChI=1S/C14H15FN2O3S/c1-9(17-14(18)12-4-3-7-16-12)10-5-6-13(11(15)8-10)21(2,19)20/h3-9,16H,1-2H3,(H,17,18)/t9-/m1/s1. The fourth-order valence-electron chi connectivity index (χ4n) is 1.92. The first-order valence-electron chi connectivity index (χ1n) is 6.23. The van der Waals surface area contributed by atoms with Gasteiger partial charge in [0.25, 0.3) is 5.91 Å². The monoisotopic (exact) mass is 310 g/mol. The maximum Gasteiger partial charge on any atom is 0.268 e. The summed E-state index contributed by atoms with van der Waals surface area (Å²) in [5.74, 6) is -1.14. The summed E-state index contributed by atoms with van der Waals surface area (Å²) in [6.45, 7) is 1.69. The fourth-order valence-corrected chi connectivity index (χ4v) is 2.64. The van der Waals surface area contributed by atoms with Crippen LogP contribution in [0, 0.1) is 5.82 Å². The summed E-state index contributed by atoms with van der Waals surface area (Å²) in [6.07, 6.45) is 2.57. The highest BCUT2D eigenvalue weighted by atomic mass is 32.2. The SMILES string of the molecule is C[C@@H](NC(=O)c1ccc[nH]1)c1ccc(S(C)(=O)=O)c(F)c1. The number of aromatic nitrogens is 1. The van der Waals surface area contributed by atoms with Crippen LogP contribution in [-0.4, -0.2) is 25.6 Å². The predicted octanol–water partition coefficient (Wildman–Crippen LogP) is 2.05. The van der Waals surface area contributed by atoms with E-state index in [0.29, 0.717) is 11.3 Å². The number of benzene rings is 1. The van der Waals surface area contributed by atoms with Crippen molar-refractivity contribution in [3.05, 3.63) is 53.6 Å². The molecule has 0 bridgehead atoms. The van der Waals surface area contributed by atoms with Gasteiger partial charge in [-0.3, -0.25) is 4.79 Å². The summed E-state index contributed by atoms with van der Waals surface area (Å²) in [5, 5.41) is 2.70. The molecule has 112 valence electrons. The Labute approximate surface area is 122 Å². The topological polar surface area (TPSA) is 79.0 Å². The average molecular weight is 310 g/mol. The largest absolute Gasteiger partial charge is 0.357 e. The van der Waals surface area contributed by atoms with E-state index in [1.807, 2.05) is 0 Å². The second-order valence-corrected chi connectivity index (χ2v) is 6.73. The molecule has 1 aromatic heterocycles. The van der Waals surface area contributed by atoms with E-state index >= 15 is 0 Å². The lowest BCUT2D eigenvalue weighted by Gasteiger charge is -2.14. The molecule has 1 atom stereocenters. The molecule has 0 saturated heterocycles. The molecule has 0 spiro atoms. The Hall–Kier alpha value is -2.15. The minimum atomic E-state index is -3.60. The van der Waals surface area contributed by atoms with Crippen LogP contribution in [0.1, 0.15) is 29.0 Å². The molecule has 0 aliphatic heterocycles. The van der Waals surface area contributed by atoms with E-state index in [0.717, 1.165) is 12.3 Å². The molecule has 2 N–H and O–H groups in total. The van der Waals surface area contributed by atoms with Crippen molar-refractivity contribution in [2.24, 2.45) is 0 Å². The Morgan fingerprint density at radius 2 is 2.05 bits per heavy atom. The molecule has 0 radical (unpaired) electrons. The lowest BCUT2D eigenvalue weighted by molar-refractivity contribution is 0.0935. The minimum absolute atomic E-state index is 0.319. The summed E-state index contributed by atoms with van der Waals surface area (Å²) in [6, 6.07) is 6.67. The van der Waals surface area contributed by atoms with Gasteiger partial charge in [-0.25, -0.2) is 12.8 Å². The van der Waals surface area contributed by atoms with Crippen LogP contribution >= 0.6 is 0 Å². The van der Waals surface area contributed by atoms with Gasteiger partial charge in [-0.05, 0) is 36.8 Å². The Morgan fingerprint density at radius 1 is 1.33 bits per heavy atom. The van der Waals surface area contributed by atoms with Gasteiger partial charge in [0.05, 0.1) is 6.04 Å². The van der Waals surface area contributed by atoms with E-state index in [2.05, 4.69) is 10.3 Å². The Bertz CT molecular complexity index is 755. The zero-order valence-electron chi connectivity index (χ0n) is 11.6. The number of amides is 1. The minimum Gasteiger partial charge on any atom is -0.357 e. The highest BCUT2D eigenvalue weighted by Gasteiger charge is 2.17. The molecule has 0 saturated carbocycles. The lowest BCUT2D eigenvalue weighted by Crippen LogP contribution is -2.27. The van der Waals surface area contributed by atoms with Crippen molar-refractivity contribution in [1.82, 2.24) is 10.3 Å². The molecule has 2 rings (SSSR count). The first kappa shape index (κ1) is 15.2. The molecule has 1 heterocycles. The lowest BCUT2D eigenvalue weighted by atomic mass is 10.1. The number of nitrogens with one attached hydrogen (secondary N) is 2. The number of carbonyl (C=O) groups is 1. The van der Waals surface area contributed by atoms with E-state index in [1.165, 1.54) is 12.1 Å². The molecular formula is C14H15FN2O3S. The van der Waals surface area contributed by atoms with Crippen LogP contribution in [0.5, 0.6) is 0 Å². The maximum absolute atomic E-state index is 13.8. The highest BCUT2D eigenvalue weighted by Crippen LogP contribution is 2.20. The van der Waals surface area contributed by atoms with Gasteiger partial charge >= 0.3 is 0 Å². The molecule has 0 unspecified atom stereocenters. The number of sulfone groups is 1. The number of carbonyl (C=O) groups excluding carboxylic acids is 1. The van der Waals surface area contributed by atoms with Gasteiger partial charge in [0, 0.05) is 12.5 Å². The summed E-state index contributed by atoms with van der Waals surface area (Å²) in [5.41, 5.74) is 0.884. The molecule has 0 aliphatic rings. The van der Waals surface area contributed by atoms with Crippen molar-refractivity contribution < 1.29 is 17.6 Å². The molecule has 2 aromatic rings. The van der Waals surface area contributed by atoms with Crippen LogP contribution in [0.2, 0.25) is 0 Å². The van der Waals surface area contributed by atoms with Crippen LogP contribution in [-0.2, 0) is 9.84 Å². The van der Waals surface area contributed by atoms with Crippen LogP contribution in [0.3, 0.4) is 0 Å². The van der Waals surface area contributed by atoms with Gasteiger partial charge in [0.15, 0.2) is 9.84 Å². The quantitative estimate of drug-likeness (QED) is 0.907. The van der Waals surface area contributed by atoms with Gasteiger partial charge < -0.3 is 10.3 Å². The molecule has 0 fully saturated rings. The molecule has 1 amide bonds. The third-order valence-corrected chi connectivity index (χ3v) is 4.18. The van der Waals surface area contributed by atoms with E-state index in [-0.39, 0.29) is 10.8 Å². The normalized spacial score (nSPS) is 12.9. The van der Waals surface area contributed by atoms with Gasteiger partial charge in [-0.1, -0.05) is 6.07 Å². The first-order valence-corrected chi connectivity index (χ1v) is 8.12. The predicted molar refractivity (Wildman–Crippen MR) is 76.2 cm³/mol. The summed E-state index contributed by atoms with van der Waals surface area (Å²) in [4.78, 5) is 14.3. The van der Waals surface area contributed by atoms with Crippen molar-refractivity contribution in [2.75, 3.05) is 6.26 Å². The Kier molecular flexibility index (Phi) is 4.13. The highest BCUT2D eigenvalue weighted by molar-refractivity contribution is 7.90. The van der Waals surface area contributed by atoms with Crippen molar-refractivity contribution in [2.45, 2.75) is 17.9 Å². The molecule has 21 heavy (non-hydrogen) atoms. The van der Waals surface area contributed by atoms with Gasteiger partial charge in [0.2, 0.25) is 0 Å². The van der Waals surface area contributed by atoms with Gasteiger partial charge in [-0.2, -0.15) is 0 Å². The van der Waals surface area contributed by atoms with Crippen LogP contribution in [0.4, 0.5) is 4.39 Å². The van der Waals surface area contributed by atoms with Crippen molar-refractivity contribution in [3.8, 4) is 0 Å². The molecule has 0 aliphatic carbocycles. The van der Waals surface area contributed by atoms with E-state index in [1.54, 1.807) is 25.3 Å². The van der Waals surface area contributed by atoms with Gasteiger partial charge in [-0.15, -0.1) is 0 Å². The molecule has 5 nitrogen and oxygen atoms in total. The Balaban J connectivity index is 2.19. The van der Waals surface area contributed by atoms with E-state index in [9.17, 15) is 17.6 Å². The summed E-state index contributed by atoms with van der Waals surface area (Å²) >= 11 is 0. The van der Waals surface area contributed by atoms with Crippen molar-refractivity contribution in [3.63, 3.8) is 0 Å². The average Bonchev–Trinajstić information content (AvgIpc) is 2.90. The first-order chi connectivity index (χ1) is 9.79. The summed E-state index contributed by atoms with van der Waals surface area (Å²) < 4.78 is 36.5. The number of hydrogen-bond acceptors (Lipinski definition) is 3. The molecular weight excluding hydrogens is 295 g/mol. The maximum atomic E-state index is 13.8. The number of halogens is 1. The van der Waals surface area contributed by atoms with E-state index in [4.69, 9.17) is 0 Å². The number of rotatable bonds is 4. The molecule has 7 heteroatoms. The zero-order chi connectivity index (χ0) is 15.6. The summed E-state index contributed by atoms with van der Waals surface area (Å²) in [7, 11) is -3.60. The number of H-pyrrole nitrogens is 1. The van der Waals surface area contributed by atoms with Crippen molar-refractivity contribution >= 4 is 15.7 Å². The smallest absolute Gasteiger partial charge is 0.268 e. The van der Waals surface area contributed by atoms with E-state index < -0.39 is 21.7 Å². The second kappa shape index (κ2) is 5.69. The van der Waals surface area contributed by atoms with Crippen LogP contribution in [0.25, 0.3) is 0 Å².